The summed E-state index contributed by atoms with van der Waals surface area (Å²) in [7, 11) is 0. The minimum atomic E-state index is 0.598. The second-order valence-corrected chi connectivity index (χ2v) is 5.29. The summed E-state index contributed by atoms with van der Waals surface area (Å²) in [5.74, 6) is 2.59. The predicted molar refractivity (Wildman–Crippen MR) is 72.1 cm³/mol. The van der Waals surface area contributed by atoms with Crippen molar-refractivity contribution in [3.05, 3.63) is 25.0 Å². The maximum Gasteiger partial charge on any atom is 0.203 e. The molecule has 0 saturated heterocycles. The van der Waals surface area contributed by atoms with Crippen LogP contribution in [0.25, 0.3) is 0 Å². The highest BCUT2D eigenvalue weighted by Crippen LogP contribution is 2.37. The Balaban J connectivity index is 2.10. The van der Waals surface area contributed by atoms with Crippen molar-refractivity contribution in [3.8, 4) is 0 Å². The molecule has 1 aliphatic rings. The number of hydrogen-bond donors (Lipinski definition) is 1. The summed E-state index contributed by atoms with van der Waals surface area (Å²) in [5, 5.41) is 3.31. The van der Waals surface area contributed by atoms with E-state index < -0.39 is 0 Å². The highest BCUT2D eigenvalue weighted by molar-refractivity contribution is 5.28. The average Bonchev–Trinajstić information content (AvgIpc) is 2.74. The predicted octanol–water partition coefficient (Wildman–Crippen LogP) is 3.48. The Labute approximate surface area is 104 Å². The summed E-state index contributed by atoms with van der Waals surface area (Å²) in [6.45, 7) is 9.22. The van der Waals surface area contributed by atoms with Crippen molar-refractivity contribution in [2.24, 2.45) is 11.8 Å². The number of imidazole rings is 1. The lowest BCUT2D eigenvalue weighted by Gasteiger charge is -2.34. The van der Waals surface area contributed by atoms with E-state index in [0.717, 1.165) is 24.3 Å². The zero-order chi connectivity index (χ0) is 12.3. The molecule has 1 N–H and O–H groups in total. The molecule has 0 amide bonds. The van der Waals surface area contributed by atoms with Crippen molar-refractivity contribution in [1.29, 1.82) is 0 Å². The monoisotopic (exact) mass is 233 g/mol. The summed E-state index contributed by atoms with van der Waals surface area (Å²) >= 11 is 0. The van der Waals surface area contributed by atoms with Gasteiger partial charge in [0.1, 0.15) is 0 Å². The standard InChI is InChI=1S/C14H23N3/c1-4-7-15-14-16-8-9-17(14)13-6-5-11(2)10-12(13)3/h4,8-9,11-13H,1,5-7,10H2,2-3H3,(H,15,16). The fourth-order valence-corrected chi connectivity index (χ4v) is 2.94. The van der Waals surface area contributed by atoms with Gasteiger partial charge in [0.15, 0.2) is 0 Å². The van der Waals surface area contributed by atoms with Crippen LogP contribution in [0, 0.1) is 11.8 Å². The van der Waals surface area contributed by atoms with E-state index in [1.807, 2.05) is 12.3 Å². The van der Waals surface area contributed by atoms with Crippen molar-refractivity contribution < 1.29 is 0 Å². The molecule has 1 aromatic heterocycles. The summed E-state index contributed by atoms with van der Waals surface area (Å²) < 4.78 is 2.31. The molecule has 0 aliphatic heterocycles. The van der Waals surface area contributed by atoms with Crippen molar-refractivity contribution in [1.82, 2.24) is 9.55 Å². The first-order valence-electron chi connectivity index (χ1n) is 6.60. The molecule has 3 nitrogen and oxygen atoms in total. The van der Waals surface area contributed by atoms with Crippen molar-refractivity contribution in [2.45, 2.75) is 39.2 Å². The molecule has 1 aromatic rings. The number of nitrogens with one attached hydrogen (secondary N) is 1. The van der Waals surface area contributed by atoms with E-state index >= 15 is 0 Å². The fraction of sp³-hybridized carbons (Fsp3) is 0.643. The number of rotatable bonds is 4. The molecule has 94 valence electrons. The summed E-state index contributed by atoms with van der Waals surface area (Å²) in [6.07, 6.45) is 9.77. The lowest BCUT2D eigenvalue weighted by atomic mass is 9.80. The highest BCUT2D eigenvalue weighted by atomic mass is 15.2. The minimum absolute atomic E-state index is 0.598. The zero-order valence-electron chi connectivity index (χ0n) is 10.9. The van der Waals surface area contributed by atoms with Crippen molar-refractivity contribution in [3.63, 3.8) is 0 Å². The lowest BCUT2D eigenvalue weighted by molar-refractivity contribution is 0.209. The van der Waals surface area contributed by atoms with Gasteiger partial charge in [-0.05, 0) is 31.1 Å². The molecule has 1 aliphatic carbocycles. The third-order valence-electron chi connectivity index (χ3n) is 3.82. The molecule has 3 atom stereocenters. The average molecular weight is 233 g/mol. The van der Waals surface area contributed by atoms with Gasteiger partial charge in [-0.15, -0.1) is 6.58 Å². The normalized spacial score (nSPS) is 28.9. The number of anilines is 1. The van der Waals surface area contributed by atoms with Crippen molar-refractivity contribution >= 4 is 5.95 Å². The number of nitrogens with zero attached hydrogens (tertiary/aromatic N) is 2. The van der Waals surface area contributed by atoms with E-state index in [1.54, 1.807) is 0 Å². The van der Waals surface area contributed by atoms with Gasteiger partial charge in [-0.25, -0.2) is 4.98 Å². The van der Waals surface area contributed by atoms with Gasteiger partial charge in [0.05, 0.1) is 0 Å². The molecular formula is C14H23N3. The Morgan fingerprint density at radius 1 is 1.53 bits per heavy atom. The lowest BCUT2D eigenvalue weighted by Crippen LogP contribution is -2.25. The second kappa shape index (κ2) is 5.39. The molecule has 1 fully saturated rings. The van der Waals surface area contributed by atoms with Crippen molar-refractivity contribution in [2.75, 3.05) is 11.9 Å². The molecule has 0 aromatic carbocycles. The minimum Gasteiger partial charge on any atom is -0.352 e. The summed E-state index contributed by atoms with van der Waals surface area (Å²) in [4.78, 5) is 4.39. The van der Waals surface area contributed by atoms with Gasteiger partial charge < -0.3 is 9.88 Å². The van der Waals surface area contributed by atoms with Crippen LogP contribution in [0.2, 0.25) is 0 Å². The van der Waals surface area contributed by atoms with Gasteiger partial charge in [-0.2, -0.15) is 0 Å². The molecule has 1 heterocycles. The van der Waals surface area contributed by atoms with Crippen LogP contribution in [0.1, 0.15) is 39.2 Å². The molecule has 0 spiro atoms. The van der Waals surface area contributed by atoms with Gasteiger partial charge >= 0.3 is 0 Å². The largest absolute Gasteiger partial charge is 0.352 e. The van der Waals surface area contributed by atoms with E-state index in [2.05, 4.69) is 41.5 Å². The van der Waals surface area contributed by atoms with Gasteiger partial charge in [-0.1, -0.05) is 19.9 Å². The molecule has 0 bridgehead atoms. The van der Waals surface area contributed by atoms with Crippen LogP contribution in [-0.4, -0.2) is 16.1 Å². The molecular weight excluding hydrogens is 210 g/mol. The van der Waals surface area contributed by atoms with Crippen LogP contribution in [0.5, 0.6) is 0 Å². The number of hydrogen-bond acceptors (Lipinski definition) is 2. The van der Waals surface area contributed by atoms with E-state index in [9.17, 15) is 0 Å². The van der Waals surface area contributed by atoms with Crippen LogP contribution < -0.4 is 5.32 Å². The SMILES string of the molecule is C=CCNc1nccn1C1CCC(C)CC1C. The molecule has 2 rings (SSSR count). The van der Waals surface area contributed by atoms with E-state index in [0.29, 0.717) is 6.04 Å². The molecule has 3 heteroatoms. The maximum absolute atomic E-state index is 4.39. The van der Waals surface area contributed by atoms with E-state index in [-0.39, 0.29) is 0 Å². The van der Waals surface area contributed by atoms with Gasteiger partial charge in [0, 0.05) is 25.0 Å². The van der Waals surface area contributed by atoms with Gasteiger partial charge in [0.2, 0.25) is 5.95 Å². The Kier molecular flexibility index (Phi) is 3.87. The van der Waals surface area contributed by atoms with Crippen LogP contribution in [0.15, 0.2) is 25.0 Å². The Hall–Kier alpha value is -1.25. The third kappa shape index (κ3) is 2.71. The summed E-state index contributed by atoms with van der Waals surface area (Å²) in [5.41, 5.74) is 0. The topological polar surface area (TPSA) is 29.9 Å². The van der Waals surface area contributed by atoms with Crippen LogP contribution >= 0.6 is 0 Å². The van der Waals surface area contributed by atoms with Gasteiger partial charge in [-0.3, -0.25) is 0 Å². The van der Waals surface area contributed by atoms with Crippen LogP contribution in [-0.2, 0) is 0 Å². The molecule has 3 unspecified atom stereocenters. The Morgan fingerprint density at radius 2 is 2.35 bits per heavy atom. The molecule has 1 saturated carbocycles. The Bertz CT molecular complexity index is 369. The van der Waals surface area contributed by atoms with Crippen LogP contribution in [0.3, 0.4) is 0 Å². The smallest absolute Gasteiger partial charge is 0.203 e. The fourth-order valence-electron chi connectivity index (χ4n) is 2.94. The summed E-state index contributed by atoms with van der Waals surface area (Å²) in [6, 6.07) is 0.598. The molecule has 17 heavy (non-hydrogen) atoms. The van der Waals surface area contributed by atoms with E-state index in [4.69, 9.17) is 0 Å². The van der Waals surface area contributed by atoms with E-state index in [1.165, 1.54) is 19.3 Å². The van der Waals surface area contributed by atoms with Gasteiger partial charge in [0.25, 0.3) is 0 Å². The maximum atomic E-state index is 4.39. The Morgan fingerprint density at radius 3 is 3.06 bits per heavy atom. The second-order valence-electron chi connectivity index (χ2n) is 5.29. The number of aromatic nitrogens is 2. The zero-order valence-corrected chi connectivity index (χ0v) is 10.9. The third-order valence-corrected chi connectivity index (χ3v) is 3.82. The first-order valence-corrected chi connectivity index (χ1v) is 6.60. The molecule has 0 radical (unpaired) electrons. The first-order chi connectivity index (χ1) is 8.22. The van der Waals surface area contributed by atoms with Crippen LogP contribution in [0.4, 0.5) is 5.95 Å². The highest BCUT2D eigenvalue weighted by Gasteiger charge is 2.27. The first kappa shape index (κ1) is 12.2. The quantitative estimate of drug-likeness (QED) is 0.807.